The Balaban J connectivity index is 1.74. The lowest BCUT2D eigenvalue weighted by atomic mass is 9.83. The topological polar surface area (TPSA) is 24.9 Å². The van der Waals surface area contributed by atoms with Crippen LogP contribution in [-0.2, 0) is 0 Å². The highest BCUT2D eigenvalue weighted by Crippen LogP contribution is 2.41. The van der Waals surface area contributed by atoms with Crippen molar-refractivity contribution in [1.82, 2.24) is 4.98 Å². The molecule has 0 amide bonds. The van der Waals surface area contributed by atoms with Gasteiger partial charge in [0.25, 0.3) is 0 Å². The van der Waals surface area contributed by atoms with Gasteiger partial charge in [-0.05, 0) is 42.9 Å². The monoisotopic (exact) mass is 278 g/mol. The van der Waals surface area contributed by atoms with Gasteiger partial charge in [-0.1, -0.05) is 31.1 Å². The minimum Gasteiger partial charge on any atom is -0.361 e. The van der Waals surface area contributed by atoms with Gasteiger partial charge in [-0.3, -0.25) is 0 Å². The number of nitrogens with one attached hydrogen (secondary N) is 1. The van der Waals surface area contributed by atoms with Crippen LogP contribution in [0.1, 0.15) is 39.0 Å². The van der Waals surface area contributed by atoms with Crippen molar-refractivity contribution in [3.8, 4) is 0 Å². The Morgan fingerprint density at radius 2 is 2.16 bits per heavy atom. The van der Waals surface area contributed by atoms with Crippen LogP contribution in [0.5, 0.6) is 0 Å². The second kappa shape index (κ2) is 5.08. The minimum absolute atomic E-state index is 0.191. The van der Waals surface area contributed by atoms with Gasteiger partial charge in [0.1, 0.15) is 5.82 Å². The Morgan fingerprint density at radius 3 is 2.89 bits per heavy atom. The molecule has 2 aromatic rings. The molecular weight excluding hydrogens is 259 g/mol. The highest BCUT2D eigenvalue weighted by Gasteiger charge is 2.31. The quantitative estimate of drug-likeness (QED) is 0.867. The van der Waals surface area contributed by atoms with Crippen LogP contribution >= 0.6 is 11.3 Å². The molecule has 1 aromatic heterocycles. The number of hydrogen-bond donors (Lipinski definition) is 1. The third-order valence-corrected chi connectivity index (χ3v) is 5.36. The molecule has 1 aliphatic rings. The van der Waals surface area contributed by atoms with Gasteiger partial charge < -0.3 is 5.32 Å². The summed E-state index contributed by atoms with van der Waals surface area (Å²) in [4.78, 5) is 4.52. The summed E-state index contributed by atoms with van der Waals surface area (Å²) in [6.07, 6.45) is 6.55. The third kappa shape index (κ3) is 2.59. The van der Waals surface area contributed by atoms with E-state index in [1.807, 2.05) is 0 Å². The average Bonchev–Trinajstić information content (AvgIpc) is 3.02. The first-order valence-corrected chi connectivity index (χ1v) is 7.82. The molecule has 0 radical (unpaired) electrons. The molecule has 19 heavy (non-hydrogen) atoms. The molecule has 0 bridgehead atoms. The first-order chi connectivity index (χ1) is 9.21. The van der Waals surface area contributed by atoms with E-state index in [2.05, 4.69) is 17.2 Å². The lowest BCUT2D eigenvalue weighted by Gasteiger charge is -2.27. The molecule has 0 aliphatic heterocycles. The number of fused-ring (bicyclic) bond motifs is 1. The molecule has 2 nitrogen and oxygen atoms in total. The zero-order valence-electron chi connectivity index (χ0n) is 11.2. The van der Waals surface area contributed by atoms with Crippen molar-refractivity contribution < 1.29 is 4.39 Å². The molecule has 1 N–H and O–H groups in total. The minimum atomic E-state index is -0.191. The fourth-order valence-electron chi connectivity index (χ4n) is 3.02. The van der Waals surface area contributed by atoms with E-state index < -0.39 is 0 Å². The maximum absolute atomic E-state index is 13.2. The number of aromatic nitrogens is 1. The molecule has 1 heterocycles. The summed E-state index contributed by atoms with van der Waals surface area (Å²) in [5, 5.41) is 4.39. The fourth-order valence-corrected chi connectivity index (χ4v) is 3.90. The Hall–Kier alpha value is -1.16. The molecule has 0 atom stereocenters. The molecule has 3 rings (SSSR count). The smallest absolute Gasteiger partial charge is 0.183 e. The van der Waals surface area contributed by atoms with Gasteiger partial charge in [0.2, 0.25) is 0 Å². The van der Waals surface area contributed by atoms with Crippen LogP contribution in [0.3, 0.4) is 0 Å². The number of benzene rings is 1. The van der Waals surface area contributed by atoms with Gasteiger partial charge in [0.15, 0.2) is 5.13 Å². The molecule has 4 heteroatoms. The maximum atomic E-state index is 13.2. The SMILES string of the molecule is CCC1(CNc2nc3ccc(F)cc3s2)CCCC1. The second-order valence-electron chi connectivity index (χ2n) is 5.55. The number of hydrogen-bond acceptors (Lipinski definition) is 3. The van der Waals surface area contributed by atoms with E-state index in [0.717, 1.165) is 21.9 Å². The number of anilines is 1. The van der Waals surface area contributed by atoms with Crippen molar-refractivity contribution in [2.75, 3.05) is 11.9 Å². The predicted molar refractivity (Wildman–Crippen MR) is 79.3 cm³/mol. The fraction of sp³-hybridized carbons (Fsp3) is 0.533. The van der Waals surface area contributed by atoms with Gasteiger partial charge in [-0.2, -0.15) is 0 Å². The van der Waals surface area contributed by atoms with Crippen LogP contribution in [-0.4, -0.2) is 11.5 Å². The largest absolute Gasteiger partial charge is 0.361 e. The van der Waals surface area contributed by atoms with Crippen LogP contribution in [0.2, 0.25) is 0 Å². The van der Waals surface area contributed by atoms with Crippen molar-refractivity contribution in [3.63, 3.8) is 0 Å². The van der Waals surface area contributed by atoms with Crippen LogP contribution in [0.15, 0.2) is 18.2 Å². The normalized spacial score (nSPS) is 18.0. The highest BCUT2D eigenvalue weighted by molar-refractivity contribution is 7.22. The van der Waals surface area contributed by atoms with Gasteiger partial charge in [0, 0.05) is 6.54 Å². The summed E-state index contributed by atoms with van der Waals surface area (Å²) in [6.45, 7) is 3.27. The first-order valence-electron chi connectivity index (χ1n) is 7.01. The molecule has 0 unspecified atom stereocenters. The Morgan fingerprint density at radius 1 is 1.37 bits per heavy atom. The molecule has 1 saturated carbocycles. The maximum Gasteiger partial charge on any atom is 0.183 e. The van der Waals surface area contributed by atoms with Gasteiger partial charge >= 0.3 is 0 Å². The summed E-state index contributed by atoms with van der Waals surface area (Å²) in [6, 6.07) is 4.77. The van der Waals surface area contributed by atoms with Crippen LogP contribution in [0.4, 0.5) is 9.52 Å². The van der Waals surface area contributed by atoms with E-state index in [9.17, 15) is 4.39 Å². The number of thiazole rings is 1. The Kier molecular flexibility index (Phi) is 3.44. The van der Waals surface area contributed by atoms with Crippen molar-refractivity contribution >= 4 is 26.7 Å². The van der Waals surface area contributed by atoms with Crippen molar-refractivity contribution in [2.24, 2.45) is 5.41 Å². The summed E-state index contributed by atoms with van der Waals surface area (Å²) >= 11 is 1.54. The van der Waals surface area contributed by atoms with E-state index in [4.69, 9.17) is 0 Å². The first kappa shape index (κ1) is 12.9. The van der Waals surface area contributed by atoms with E-state index in [-0.39, 0.29) is 5.82 Å². The molecule has 1 aromatic carbocycles. The standard InChI is InChI=1S/C15H19FN2S/c1-2-15(7-3-4-8-15)10-17-14-18-12-6-5-11(16)9-13(12)19-14/h5-6,9H,2-4,7-8,10H2,1H3,(H,17,18). The van der Waals surface area contributed by atoms with Crippen molar-refractivity contribution in [3.05, 3.63) is 24.0 Å². The predicted octanol–water partition coefficient (Wildman–Crippen LogP) is 4.82. The van der Waals surface area contributed by atoms with Crippen molar-refractivity contribution in [1.29, 1.82) is 0 Å². The third-order valence-electron chi connectivity index (χ3n) is 4.38. The van der Waals surface area contributed by atoms with Gasteiger partial charge in [-0.25, -0.2) is 9.37 Å². The molecular formula is C15H19FN2S. The Bertz CT molecular complexity index is 573. The lowest BCUT2D eigenvalue weighted by molar-refractivity contribution is 0.307. The molecule has 1 aliphatic carbocycles. The van der Waals surface area contributed by atoms with Crippen LogP contribution in [0, 0.1) is 11.2 Å². The van der Waals surface area contributed by atoms with E-state index >= 15 is 0 Å². The van der Waals surface area contributed by atoms with E-state index in [0.29, 0.717) is 5.41 Å². The van der Waals surface area contributed by atoms with E-state index in [1.165, 1.54) is 38.2 Å². The van der Waals surface area contributed by atoms with Gasteiger partial charge in [-0.15, -0.1) is 0 Å². The summed E-state index contributed by atoms with van der Waals surface area (Å²) in [5.41, 5.74) is 1.33. The van der Waals surface area contributed by atoms with E-state index in [1.54, 1.807) is 23.5 Å². The summed E-state index contributed by atoms with van der Waals surface area (Å²) in [7, 11) is 0. The summed E-state index contributed by atoms with van der Waals surface area (Å²) < 4.78 is 14.1. The summed E-state index contributed by atoms with van der Waals surface area (Å²) in [5.74, 6) is -0.191. The highest BCUT2D eigenvalue weighted by atomic mass is 32.1. The van der Waals surface area contributed by atoms with Crippen LogP contribution in [0.25, 0.3) is 10.2 Å². The zero-order valence-corrected chi connectivity index (χ0v) is 12.0. The number of rotatable bonds is 4. The molecule has 0 spiro atoms. The second-order valence-corrected chi connectivity index (χ2v) is 6.58. The molecule has 0 saturated heterocycles. The lowest BCUT2D eigenvalue weighted by Crippen LogP contribution is -2.25. The van der Waals surface area contributed by atoms with Gasteiger partial charge in [0.05, 0.1) is 10.2 Å². The molecule has 1 fully saturated rings. The zero-order chi connectivity index (χ0) is 13.3. The van der Waals surface area contributed by atoms with Crippen molar-refractivity contribution in [2.45, 2.75) is 39.0 Å². The number of nitrogens with zero attached hydrogens (tertiary/aromatic N) is 1. The number of halogens is 1. The Labute approximate surface area is 117 Å². The van der Waals surface area contributed by atoms with Crippen LogP contribution < -0.4 is 5.32 Å². The molecule has 102 valence electrons. The average molecular weight is 278 g/mol.